The lowest BCUT2D eigenvalue weighted by molar-refractivity contribution is -0.139. The Kier molecular flexibility index (Phi) is 5.49. The molecule has 1 fully saturated rings. The smallest absolute Gasteiger partial charge is 0.423 e. The van der Waals surface area contributed by atoms with Gasteiger partial charge in [0.25, 0.3) is 0 Å². The van der Waals surface area contributed by atoms with Crippen molar-refractivity contribution in [1.29, 1.82) is 0 Å². The van der Waals surface area contributed by atoms with Gasteiger partial charge in [0.05, 0.1) is 12.3 Å². The molecular formula is C18H20F3N3O2. The second-order valence-corrected chi connectivity index (χ2v) is 5.99. The highest BCUT2D eigenvalue weighted by Gasteiger charge is 2.37. The van der Waals surface area contributed by atoms with Crippen molar-refractivity contribution in [2.75, 3.05) is 11.9 Å². The van der Waals surface area contributed by atoms with Crippen molar-refractivity contribution in [3.8, 4) is 11.6 Å². The Morgan fingerprint density at radius 2 is 1.92 bits per heavy atom. The summed E-state index contributed by atoms with van der Waals surface area (Å²) in [5, 5.41) is 2.91. The van der Waals surface area contributed by atoms with Gasteiger partial charge in [-0.25, -0.2) is 4.98 Å². The number of aromatic nitrogens is 2. The Bertz CT molecular complexity index is 747. The van der Waals surface area contributed by atoms with E-state index in [2.05, 4.69) is 15.3 Å². The molecule has 0 spiro atoms. The fourth-order valence-electron chi connectivity index (χ4n) is 2.85. The molecule has 1 aliphatic carbocycles. The molecule has 8 heteroatoms. The van der Waals surface area contributed by atoms with Crippen molar-refractivity contribution in [3.63, 3.8) is 0 Å². The summed E-state index contributed by atoms with van der Waals surface area (Å²) in [6, 6.07) is 7.08. The van der Waals surface area contributed by atoms with Crippen LogP contribution in [0.15, 0.2) is 30.5 Å². The number of halogens is 3. The third kappa shape index (κ3) is 4.36. The highest BCUT2D eigenvalue weighted by Crippen LogP contribution is 2.37. The van der Waals surface area contributed by atoms with Gasteiger partial charge in [0.1, 0.15) is 17.4 Å². The average molecular weight is 367 g/mol. The van der Waals surface area contributed by atoms with Crippen LogP contribution in [0.25, 0.3) is 0 Å². The molecule has 0 saturated heterocycles. The van der Waals surface area contributed by atoms with Gasteiger partial charge >= 0.3 is 6.18 Å². The molecule has 1 saturated carbocycles. The van der Waals surface area contributed by atoms with Crippen LogP contribution in [0.3, 0.4) is 0 Å². The molecular weight excluding hydrogens is 347 g/mol. The van der Waals surface area contributed by atoms with E-state index in [0.717, 1.165) is 31.9 Å². The summed E-state index contributed by atoms with van der Waals surface area (Å²) >= 11 is 0. The van der Waals surface area contributed by atoms with Crippen LogP contribution in [0.5, 0.6) is 11.6 Å². The van der Waals surface area contributed by atoms with Crippen molar-refractivity contribution in [3.05, 3.63) is 36.0 Å². The van der Waals surface area contributed by atoms with Gasteiger partial charge in [0, 0.05) is 6.20 Å². The highest BCUT2D eigenvalue weighted by atomic mass is 19.4. The molecule has 0 aliphatic heterocycles. The van der Waals surface area contributed by atoms with Crippen LogP contribution in [-0.4, -0.2) is 22.7 Å². The van der Waals surface area contributed by atoms with Crippen LogP contribution < -0.4 is 14.8 Å². The molecule has 1 aliphatic rings. The Morgan fingerprint density at radius 1 is 1.19 bits per heavy atom. The van der Waals surface area contributed by atoms with Crippen LogP contribution in [0.4, 0.5) is 24.8 Å². The Labute approximate surface area is 149 Å². The van der Waals surface area contributed by atoms with Crippen LogP contribution in [-0.2, 0) is 6.18 Å². The monoisotopic (exact) mass is 367 g/mol. The summed E-state index contributed by atoms with van der Waals surface area (Å²) in [6.07, 6.45) is -0.699. The van der Waals surface area contributed by atoms with Crippen molar-refractivity contribution in [1.82, 2.24) is 9.97 Å². The number of alkyl halides is 3. The van der Waals surface area contributed by atoms with Gasteiger partial charge in [-0.2, -0.15) is 18.2 Å². The van der Waals surface area contributed by atoms with Crippen molar-refractivity contribution in [2.24, 2.45) is 0 Å². The number of nitrogens with zero attached hydrogens (tertiary/aromatic N) is 2. The molecule has 1 heterocycles. The van der Waals surface area contributed by atoms with Crippen molar-refractivity contribution < 1.29 is 22.6 Å². The summed E-state index contributed by atoms with van der Waals surface area (Å²) in [7, 11) is 0. The molecule has 0 amide bonds. The van der Waals surface area contributed by atoms with E-state index in [-0.39, 0.29) is 12.1 Å². The molecule has 0 radical (unpaired) electrons. The minimum absolute atomic E-state index is 0.0261. The van der Waals surface area contributed by atoms with E-state index in [1.165, 1.54) is 0 Å². The number of nitrogens with one attached hydrogen (secondary N) is 1. The van der Waals surface area contributed by atoms with Crippen LogP contribution >= 0.6 is 0 Å². The third-order valence-corrected chi connectivity index (χ3v) is 4.07. The van der Waals surface area contributed by atoms with E-state index in [1.807, 2.05) is 6.92 Å². The number of benzene rings is 1. The third-order valence-electron chi connectivity index (χ3n) is 4.07. The van der Waals surface area contributed by atoms with Crippen LogP contribution in [0.2, 0.25) is 0 Å². The quantitative estimate of drug-likeness (QED) is 0.782. The fraction of sp³-hybridized carbons (Fsp3) is 0.444. The standard InChI is InChI=1S/C18H20F3N3O2/c1-2-25-15-10-6-5-9-14(15)23-17-22-11-13(18(19,20)21)16(24-17)26-12-7-3-4-8-12/h5-6,9-12H,2-4,7-8H2,1H3,(H,22,23,24). The summed E-state index contributed by atoms with van der Waals surface area (Å²) in [4.78, 5) is 7.78. The maximum absolute atomic E-state index is 13.2. The van der Waals surface area contributed by atoms with E-state index < -0.39 is 17.6 Å². The first kappa shape index (κ1) is 18.3. The fourth-order valence-corrected chi connectivity index (χ4v) is 2.85. The predicted molar refractivity (Wildman–Crippen MR) is 90.8 cm³/mol. The predicted octanol–water partition coefficient (Wildman–Crippen LogP) is 4.96. The maximum atomic E-state index is 13.2. The van der Waals surface area contributed by atoms with E-state index in [1.54, 1.807) is 24.3 Å². The van der Waals surface area contributed by atoms with Crippen molar-refractivity contribution >= 4 is 11.6 Å². The number of para-hydroxylation sites is 2. The minimum atomic E-state index is -4.57. The zero-order valence-corrected chi connectivity index (χ0v) is 14.3. The molecule has 26 heavy (non-hydrogen) atoms. The summed E-state index contributed by atoms with van der Waals surface area (Å²) in [5.74, 6) is 0.158. The average Bonchev–Trinajstić information content (AvgIpc) is 3.09. The van der Waals surface area contributed by atoms with Gasteiger partial charge in [0.15, 0.2) is 0 Å². The second kappa shape index (κ2) is 7.80. The number of rotatable bonds is 6. The zero-order valence-electron chi connectivity index (χ0n) is 14.3. The molecule has 5 nitrogen and oxygen atoms in total. The van der Waals surface area contributed by atoms with Gasteiger partial charge in [-0.1, -0.05) is 12.1 Å². The van der Waals surface area contributed by atoms with E-state index in [4.69, 9.17) is 9.47 Å². The second-order valence-electron chi connectivity index (χ2n) is 5.99. The number of hydrogen-bond acceptors (Lipinski definition) is 5. The van der Waals surface area contributed by atoms with Crippen LogP contribution in [0, 0.1) is 0 Å². The summed E-state index contributed by atoms with van der Waals surface area (Å²) in [6.45, 7) is 2.31. The normalized spacial score (nSPS) is 15.1. The molecule has 1 N–H and O–H groups in total. The molecule has 0 atom stereocenters. The van der Waals surface area contributed by atoms with Gasteiger partial charge in [-0.05, 0) is 44.7 Å². The molecule has 3 rings (SSSR count). The first-order valence-corrected chi connectivity index (χ1v) is 8.57. The largest absolute Gasteiger partial charge is 0.492 e. The molecule has 1 aromatic heterocycles. The number of anilines is 2. The first-order chi connectivity index (χ1) is 12.5. The molecule has 2 aromatic rings. The Balaban J connectivity index is 1.88. The highest BCUT2D eigenvalue weighted by molar-refractivity contribution is 5.62. The van der Waals surface area contributed by atoms with Gasteiger partial charge in [-0.3, -0.25) is 0 Å². The van der Waals surface area contributed by atoms with Gasteiger partial charge in [-0.15, -0.1) is 0 Å². The molecule has 140 valence electrons. The minimum Gasteiger partial charge on any atom is -0.492 e. The Hall–Kier alpha value is -2.51. The Morgan fingerprint density at radius 3 is 2.62 bits per heavy atom. The number of ether oxygens (including phenoxy) is 2. The first-order valence-electron chi connectivity index (χ1n) is 8.57. The summed E-state index contributed by atoms with van der Waals surface area (Å²) < 4.78 is 50.8. The topological polar surface area (TPSA) is 56.3 Å². The lowest BCUT2D eigenvalue weighted by atomic mass is 10.3. The van der Waals surface area contributed by atoms with Gasteiger partial charge < -0.3 is 14.8 Å². The van der Waals surface area contributed by atoms with E-state index in [9.17, 15) is 13.2 Å². The lowest BCUT2D eigenvalue weighted by Gasteiger charge is -2.18. The van der Waals surface area contributed by atoms with E-state index >= 15 is 0 Å². The van der Waals surface area contributed by atoms with Crippen molar-refractivity contribution in [2.45, 2.75) is 44.9 Å². The molecule has 1 aromatic carbocycles. The maximum Gasteiger partial charge on any atom is 0.423 e. The zero-order chi connectivity index (χ0) is 18.6. The number of hydrogen-bond donors (Lipinski definition) is 1. The molecule has 0 unspecified atom stereocenters. The van der Waals surface area contributed by atoms with Gasteiger partial charge in [0.2, 0.25) is 11.8 Å². The summed E-state index contributed by atoms with van der Waals surface area (Å²) in [5.41, 5.74) is -0.394. The lowest BCUT2D eigenvalue weighted by Crippen LogP contribution is -2.18. The van der Waals surface area contributed by atoms with Crippen LogP contribution in [0.1, 0.15) is 38.2 Å². The van der Waals surface area contributed by atoms with E-state index in [0.29, 0.717) is 18.0 Å². The molecule has 0 bridgehead atoms. The SMILES string of the molecule is CCOc1ccccc1Nc1ncc(C(F)(F)F)c(OC2CCCC2)n1.